The van der Waals surface area contributed by atoms with Crippen molar-refractivity contribution in [3.8, 4) is 28.7 Å². The molecule has 0 saturated carbocycles. The van der Waals surface area contributed by atoms with Crippen LogP contribution in [0, 0.1) is 6.92 Å². The van der Waals surface area contributed by atoms with Gasteiger partial charge in [0.2, 0.25) is 17.8 Å². The van der Waals surface area contributed by atoms with E-state index < -0.39 is 54.6 Å². The van der Waals surface area contributed by atoms with Crippen LogP contribution in [0.25, 0.3) is 0 Å². The summed E-state index contributed by atoms with van der Waals surface area (Å²) in [5.41, 5.74) is -0.0944. The van der Waals surface area contributed by atoms with Gasteiger partial charge >= 0.3 is 0 Å². The van der Waals surface area contributed by atoms with Crippen LogP contribution in [0.2, 0.25) is 0 Å². The van der Waals surface area contributed by atoms with Gasteiger partial charge in [-0.15, -0.1) is 0 Å². The van der Waals surface area contributed by atoms with Crippen LogP contribution in [0.4, 0.5) is 0 Å². The summed E-state index contributed by atoms with van der Waals surface area (Å²) in [4.78, 5) is 27.1. The summed E-state index contributed by atoms with van der Waals surface area (Å²) in [6, 6.07) is 2.64. The largest absolute Gasteiger partial charge is 0.502 e. The van der Waals surface area contributed by atoms with Crippen LogP contribution in [0.5, 0.6) is 28.7 Å². The molecule has 1 fully saturated rings. The smallest absolute Gasteiger partial charge is 0.229 e. The summed E-state index contributed by atoms with van der Waals surface area (Å²) in [5, 5.41) is 50.4. The molecule has 0 radical (unpaired) electrons. The highest BCUT2D eigenvalue weighted by molar-refractivity contribution is 6.31. The van der Waals surface area contributed by atoms with Crippen molar-refractivity contribution in [3.05, 3.63) is 39.9 Å². The van der Waals surface area contributed by atoms with Gasteiger partial charge in [-0.25, -0.2) is 0 Å². The molecule has 2 aliphatic rings. The van der Waals surface area contributed by atoms with E-state index in [2.05, 4.69) is 0 Å². The standard InChI is InChI=1S/C24H26O12/c1-8-5-9-14(18(29)13-10(15(9)26)6-11(32-2)17(28)22(13)33-3)23(34-4)21(8)36-24-20(31)19(30)16(27)12(7-25)35-24/h5-6,12,16,19-20,24-25,27-28,30-31H,7H2,1-4H3/t12-,16-,19+,20-,24+/m1/s1. The van der Waals surface area contributed by atoms with Crippen molar-refractivity contribution in [2.24, 2.45) is 0 Å². The molecule has 5 N–H and O–H groups in total. The zero-order valence-corrected chi connectivity index (χ0v) is 19.8. The number of fused-ring (bicyclic) bond motifs is 2. The van der Waals surface area contributed by atoms with Crippen LogP contribution >= 0.6 is 0 Å². The van der Waals surface area contributed by atoms with Crippen LogP contribution < -0.4 is 18.9 Å². The van der Waals surface area contributed by atoms with Crippen LogP contribution in [0.3, 0.4) is 0 Å². The second-order valence-electron chi connectivity index (χ2n) is 8.34. The van der Waals surface area contributed by atoms with Crippen LogP contribution in [-0.4, -0.2) is 95.7 Å². The lowest BCUT2D eigenvalue weighted by Gasteiger charge is -2.40. The molecule has 0 amide bonds. The van der Waals surface area contributed by atoms with E-state index in [-0.39, 0.29) is 45.3 Å². The molecule has 0 aromatic heterocycles. The number of rotatable bonds is 6. The number of hydrogen-bond acceptors (Lipinski definition) is 12. The molecule has 1 saturated heterocycles. The van der Waals surface area contributed by atoms with Crippen LogP contribution in [-0.2, 0) is 4.74 Å². The zero-order valence-electron chi connectivity index (χ0n) is 19.8. The maximum Gasteiger partial charge on any atom is 0.229 e. The highest BCUT2D eigenvalue weighted by atomic mass is 16.7. The normalized spacial score (nSPS) is 25.2. The molecular weight excluding hydrogens is 480 g/mol. The van der Waals surface area contributed by atoms with Gasteiger partial charge in [0.25, 0.3) is 0 Å². The highest BCUT2D eigenvalue weighted by Gasteiger charge is 2.46. The topological polar surface area (TPSA) is 181 Å². The molecule has 1 heterocycles. The predicted molar refractivity (Wildman–Crippen MR) is 120 cm³/mol. The third kappa shape index (κ3) is 3.74. The Hall–Kier alpha value is -3.42. The fourth-order valence-corrected chi connectivity index (χ4v) is 4.45. The molecule has 5 atom stereocenters. The van der Waals surface area contributed by atoms with E-state index in [1.54, 1.807) is 6.92 Å². The van der Waals surface area contributed by atoms with Crippen LogP contribution in [0.15, 0.2) is 12.1 Å². The lowest BCUT2D eigenvalue weighted by Crippen LogP contribution is -2.60. The van der Waals surface area contributed by atoms with Gasteiger partial charge in [-0.2, -0.15) is 0 Å². The number of carbonyl (C=O) groups is 2. The Morgan fingerprint density at radius 1 is 0.833 bits per heavy atom. The number of carbonyl (C=O) groups excluding carboxylic acids is 2. The summed E-state index contributed by atoms with van der Waals surface area (Å²) < 4.78 is 27.0. The van der Waals surface area contributed by atoms with E-state index in [0.29, 0.717) is 5.56 Å². The molecule has 4 rings (SSSR count). The van der Waals surface area contributed by atoms with Crippen molar-refractivity contribution < 1.29 is 58.8 Å². The molecular formula is C24H26O12. The van der Waals surface area contributed by atoms with Gasteiger partial charge in [-0.1, -0.05) is 0 Å². The minimum Gasteiger partial charge on any atom is -0.502 e. The first-order chi connectivity index (χ1) is 17.1. The Bertz CT molecular complexity index is 1220. The minimum absolute atomic E-state index is 0.00204. The predicted octanol–water partition coefficient (Wildman–Crippen LogP) is -0.319. The van der Waals surface area contributed by atoms with Crippen molar-refractivity contribution >= 4 is 11.6 Å². The first-order valence-corrected chi connectivity index (χ1v) is 10.9. The number of benzene rings is 2. The van der Waals surface area contributed by atoms with Gasteiger partial charge in [-0.05, 0) is 24.6 Å². The molecule has 194 valence electrons. The average Bonchev–Trinajstić information content (AvgIpc) is 2.87. The van der Waals surface area contributed by atoms with Gasteiger partial charge in [0.1, 0.15) is 24.4 Å². The van der Waals surface area contributed by atoms with Crippen molar-refractivity contribution in [2.45, 2.75) is 37.6 Å². The molecule has 0 spiro atoms. The van der Waals surface area contributed by atoms with E-state index in [0.717, 1.165) is 0 Å². The maximum atomic E-state index is 13.7. The number of methoxy groups -OCH3 is 3. The number of aromatic hydroxyl groups is 1. The lowest BCUT2D eigenvalue weighted by molar-refractivity contribution is -0.277. The quantitative estimate of drug-likeness (QED) is 0.294. The zero-order chi connectivity index (χ0) is 26.5. The monoisotopic (exact) mass is 506 g/mol. The van der Waals surface area contributed by atoms with E-state index in [1.807, 2.05) is 0 Å². The second kappa shape index (κ2) is 9.56. The lowest BCUT2D eigenvalue weighted by atomic mass is 9.81. The molecule has 0 unspecified atom stereocenters. The van der Waals surface area contributed by atoms with Crippen molar-refractivity contribution in [1.29, 1.82) is 0 Å². The van der Waals surface area contributed by atoms with E-state index in [1.165, 1.54) is 33.5 Å². The molecule has 2 aromatic rings. The number of ketones is 2. The minimum atomic E-state index is -1.72. The van der Waals surface area contributed by atoms with E-state index in [4.69, 9.17) is 23.7 Å². The Balaban J connectivity index is 1.86. The van der Waals surface area contributed by atoms with Gasteiger partial charge in [0.15, 0.2) is 28.8 Å². The summed E-state index contributed by atoms with van der Waals surface area (Å²) in [7, 11) is 3.76. The Morgan fingerprint density at radius 2 is 1.44 bits per heavy atom. The first kappa shape index (κ1) is 25.7. The van der Waals surface area contributed by atoms with E-state index in [9.17, 15) is 35.1 Å². The number of phenolic OH excluding ortho intramolecular Hbond substituents is 1. The van der Waals surface area contributed by atoms with Crippen molar-refractivity contribution in [1.82, 2.24) is 0 Å². The fourth-order valence-electron chi connectivity index (χ4n) is 4.45. The summed E-state index contributed by atoms with van der Waals surface area (Å²) in [6.45, 7) is 0.898. The number of hydrogen-bond donors (Lipinski definition) is 5. The molecule has 1 aliphatic carbocycles. The first-order valence-electron chi connectivity index (χ1n) is 10.9. The Labute approximate surface area is 205 Å². The third-order valence-corrected chi connectivity index (χ3v) is 6.30. The van der Waals surface area contributed by atoms with Crippen molar-refractivity contribution in [2.75, 3.05) is 27.9 Å². The number of phenols is 1. The van der Waals surface area contributed by atoms with Gasteiger partial charge in [-0.3, -0.25) is 9.59 Å². The SMILES string of the molecule is COc1cc2c(c(OC)c1O)C(=O)c1c(cc(C)c(O[C@@H]3O[C@H](CO)[C@@H](O)[C@H](O)[C@H]3O)c1OC)C2=O. The second-order valence-corrected chi connectivity index (χ2v) is 8.34. The highest BCUT2D eigenvalue weighted by Crippen LogP contribution is 2.48. The number of aryl methyl sites for hydroxylation is 1. The fraction of sp³-hybridized carbons (Fsp3) is 0.417. The van der Waals surface area contributed by atoms with Crippen LogP contribution in [0.1, 0.15) is 37.4 Å². The molecule has 12 heteroatoms. The molecule has 2 aromatic carbocycles. The molecule has 12 nitrogen and oxygen atoms in total. The van der Waals surface area contributed by atoms with E-state index >= 15 is 0 Å². The number of aliphatic hydroxyl groups excluding tert-OH is 4. The Kier molecular flexibility index (Phi) is 6.82. The Morgan fingerprint density at radius 3 is 2.03 bits per heavy atom. The number of ether oxygens (including phenoxy) is 5. The van der Waals surface area contributed by atoms with Gasteiger partial charge in [0, 0.05) is 11.1 Å². The van der Waals surface area contributed by atoms with Crippen molar-refractivity contribution in [3.63, 3.8) is 0 Å². The summed E-state index contributed by atoms with van der Waals surface area (Å²) in [6.07, 6.45) is -7.79. The molecule has 1 aliphatic heterocycles. The summed E-state index contributed by atoms with van der Waals surface area (Å²) >= 11 is 0. The number of aliphatic hydroxyl groups is 4. The average molecular weight is 506 g/mol. The molecule has 0 bridgehead atoms. The van der Waals surface area contributed by atoms with Gasteiger partial charge < -0.3 is 49.2 Å². The molecule has 36 heavy (non-hydrogen) atoms. The third-order valence-electron chi connectivity index (χ3n) is 6.30. The maximum absolute atomic E-state index is 13.7. The van der Waals surface area contributed by atoms with Gasteiger partial charge in [0.05, 0.1) is 39.1 Å². The summed E-state index contributed by atoms with van der Waals surface area (Å²) in [5.74, 6) is -2.28.